The normalized spacial score (nSPS) is 16.0. The van der Waals surface area contributed by atoms with Crippen LogP contribution in [0.5, 0.6) is 0 Å². The molecule has 4 nitrogen and oxygen atoms in total. The molecule has 0 aliphatic heterocycles. The molecule has 98 valence electrons. The maximum absolute atomic E-state index is 11.8. The fourth-order valence-corrected chi connectivity index (χ4v) is 3.21. The molecule has 2 atom stereocenters. The Kier molecular flexibility index (Phi) is 7.97. The van der Waals surface area contributed by atoms with Crippen LogP contribution in [0.25, 0.3) is 0 Å². The van der Waals surface area contributed by atoms with Crippen molar-refractivity contribution < 1.29 is 8.42 Å². The summed E-state index contributed by atoms with van der Waals surface area (Å²) in [6.07, 6.45) is 4.83. The van der Waals surface area contributed by atoms with Crippen LogP contribution in [0.1, 0.15) is 52.9 Å². The standard InChI is InChI=1S/C11H26N2O2S/c1-4-6-7-8-10(3)13-16(14,15)11(5-2)9-12/h10-11,13H,4-9,12H2,1-3H3. The van der Waals surface area contributed by atoms with E-state index in [0.29, 0.717) is 6.42 Å². The molecule has 0 heterocycles. The van der Waals surface area contributed by atoms with Gasteiger partial charge in [-0.15, -0.1) is 0 Å². The number of hydrogen-bond donors (Lipinski definition) is 2. The maximum atomic E-state index is 11.8. The smallest absolute Gasteiger partial charge is 0.215 e. The van der Waals surface area contributed by atoms with Crippen LogP contribution in [0, 0.1) is 0 Å². The lowest BCUT2D eigenvalue weighted by Gasteiger charge is -2.19. The lowest BCUT2D eigenvalue weighted by Crippen LogP contribution is -2.42. The second kappa shape index (κ2) is 8.03. The van der Waals surface area contributed by atoms with Crippen LogP contribution in [-0.2, 0) is 10.0 Å². The molecule has 0 aromatic carbocycles. The third-order valence-corrected chi connectivity index (χ3v) is 4.90. The van der Waals surface area contributed by atoms with Gasteiger partial charge in [0.2, 0.25) is 10.0 Å². The van der Waals surface area contributed by atoms with Crippen molar-refractivity contribution in [2.45, 2.75) is 64.2 Å². The van der Waals surface area contributed by atoms with Gasteiger partial charge in [0.1, 0.15) is 0 Å². The Balaban J connectivity index is 4.14. The molecule has 16 heavy (non-hydrogen) atoms. The van der Waals surface area contributed by atoms with Gasteiger partial charge in [0.25, 0.3) is 0 Å². The molecule has 0 saturated heterocycles. The van der Waals surface area contributed by atoms with Gasteiger partial charge in [-0.3, -0.25) is 0 Å². The second-order valence-corrected chi connectivity index (χ2v) is 6.32. The molecular weight excluding hydrogens is 224 g/mol. The van der Waals surface area contributed by atoms with Crippen molar-refractivity contribution in [1.82, 2.24) is 4.72 Å². The molecule has 0 bridgehead atoms. The largest absolute Gasteiger partial charge is 0.329 e. The molecule has 0 aromatic rings. The van der Waals surface area contributed by atoms with E-state index in [0.717, 1.165) is 25.7 Å². The first-order valence-corrected chi connectivity index (χ1v) is 7.73. The zero-order chi connectivity index (χ0) is 12.6. The SMILES string of the molecule is CCCCCC(C)NS(=O)(=O)C(CC)CN. The van der Waals surface area contributed by atoms with Crippen LogP contribution in [-0.4, -0.2) is 26.3 Å². The van der Waals surface area contributed by atoms with Crippen molar-refractivity contribution in [3.8, 4) is 0 Å². The van der Waals surface area contributed by atoms with E-state index in [1.54, 1.807) is 0 Å². The van der Waals surface area contributed by atoms with Crippen molar-refractivity contribution in [1.29, 1.82) is 0 Å². The third kappa shape index (κ3) is 5.82. The molecule has 0 fully saturated rings. The number of nitrogens with one attached hydrogen (secondary N) is 1. The first kappa shape index (κ1) is 15.9. The predicted octanol–water partition coefficient (Wildman–Crippen LogP) is 1.61. The van der Waals surface area contributed by atoms with E-state index in [-0.39, 0.29) is 12.6 Å². The van der Waals surface area contributed by atoms with E-state index < -0.39 is 15.3 Å². The van der Waals surface area contributed by atoms with Gasteiger partial charge < -0.3 is 5.73 Å². The van der Waals surface area contributed by atoms with E-state index in [2.05, 4.69) is 11.6 Å². The van der Waals surface area contributed by atoms with E-state index in [9.17, 15) is 8.42 Å². The van der Waals surface area contributed by atoms with Crippen molar-refractivity contribution in [2.24, 2.45) is 5.73 Å². The van der Waals surface area contributed by atoms with Gasteiger partial charge in [-0.05, 0) is 19.8 Å². The monoisotopic (exact) mass is 250 g/mol. The van der Waals surface area contributed by atoms with Gasteiger partial charge in [0.15, 0.2) is 0 Å². The Hall–Kier alpha value is -0.130. The summed E-state index contributed by atoms with van der Waals surface area (Å²) in [5, 5.41) is -0.457. The molecule has 0 aliphatic rings. The van der Waals surface area contributed by atoms with Gasteiger partial charge >= 0.3 is 0 Å². The molecule has 2 unspecified atom stereocenters. The Labute approximate surface area is 100 Å². The number of hydrogen-bond acceptors (Lipinski definition) is 3. The van der Waals surface area contributed by atoms with Gasteiger partial charge in [-0.2, -0.15) is 0 Å². The van der Waals surface area contributed by atoms with E-state index in [1.807, 2.05) is 13.8 Å². The molecule has 0 saturated carbocycles. The zero-order valence-corrected chi connectivity index (χ0v) is 11.5. The number of nitrogens with two attached hydrogens (primary N) is 1. The summed E-state index contributed by atoms with van der Waals surface area (Å²) in [5.41, 5.74) is 5.45. The van der Waals surface area contributed by atoms with Crippen molar-refractivity contribution in [3.05, 3.63) is 0 Å². The highest BCUT2D eigenvalue weighted by Gasteiger charge is 2.23. The highest BCUT2D eigenvalue weighted by atomic mass is 32.2. The molecule has 0 spiro atoms. The zero-order valence-electron chi connectivity index (χ0n) is 10.7. The minimum Gasteiger partial charge on any atom is -0.329 e. The fraction of sp³-hybridized carbons (Fsp3) is 1.00. The van der Waals surface area contributed by atoms with Gasteiger partial charge in [0.05, 0.1) is 5.25 Å². The van der Waals surface area contributed by atoms with E-state index >= 15 is 0 Å². The third-order valence-electron chi connectivity index (χ3n) is 2.76. The van der Waals surface area contributed by atoms with E-state index in [4.69, 9.17) is 5.73 Å². The molecule has 0 aliphatic carbocycles. The van der Waals surface area contributed by atoms with Crippen molar-refractivity contribution >= 4 is 10.0 Å². The Bertz CT molecular complexity index is 261. The van der Waals surface area contributed by atoms with Crippen molar-refractivity contribution in [2.75, 3.05) is 6.54 Å². The van der Waals surface area contributed by atoms with Gasteiger partial charge in [-0.25, -0.2) is 13.1 Å². The van der Waals surface area contributed by atoms with Crippen molar-refractivity contribution in [3.63, 3.8) is 0 Å². The topological polar surface area (TPSA) is 72.2 Å². The van der Waals surface area contributed by atoms with Crippen LogP contribution in [0.15, 0.2) is 0 Å². The van der Waals surface area contributed by atoms with Gasteiger partial charge in [-0.1, -0.05) is 33.1 Å². The molecule has 0 aromatic heterocycles. The molecule has 3 N–H and O–H groups in total. The minimum atomic E-state index is -3.23. The highest BCUT2D eigenvalue weighted by molar-refractivity contribution is 7.90. The maximum Gasteiger partial charge on any atom is 0.215 e. The number of rotatable bonds is 9. The summed E-state index contributed by atoms with van der Waals surface area (Å²) < 4.78 is 26.4. The summed E-state index contributed by atoms with van der Waals surface area (Å²) in [6, 6.07) is 0.0112. The van der Waals surface area contributed by atoms with Crippen LogP contribution in [0.3, 0.4) is 0 Å². The lowest BCUT2D eigenvalue weighted by atomic mass is 10.1. The van der Waals surface area contributed by atoms with E-state index in [1.165, 1.54) is 0 Å². The average Bonchev–Trinajstić information content (AvgIpc) is 2.18. The summed E-state index contributed by atoms with van der Waals surface area (Å²) >= 11 is 0. The Morgan fingerprint density at radius 2 is 1.88 bits per heavy atom. The van der Waals surface area contributed by atoms with Crippen LogP contribution < -0.4 is 10.5 Å². The fourth-order valence-electron chi connectivity index (χ4n) is 1.65. The Morgan fingerprint density at radius 3 is 2.31 bits per heavy atom. The molecule has 0 amide bonds. The van der Waals surface area contributed by atoms with Gasteiger partial charge in [0, 0.05) is 12.6 Å². The van der Waals surface area contributed by atoms with Crippen LogP contribution >= 0.6 is 0 Å². The molecular formula is C11H26N2O2S. The first-order valence-electron chi connectivity index (χ1n) is 6.19. The predicted molar refractivity (Wildman–Crippen MR) is 68.8 cm³/mol. The first-order chi connectivity index (χ1) is 7.47. The molecule has 0 radical (unpaired) electrons. The summed E-state index contributed by atoms with van der Waals surface area (Å²) in [5.74, 6) is 0. The van der Waals surface area contributed by atoms with Crippen LogP contribution in [0.4, 0.5) is 0 Å². The van der Waals surface area contributed by atoms with Crippen LogP contribution in [0.2, 0.25) is 0 Å². The average molecular weight is 250 g/mol. The number of sulfonamides is 1. The lowest BCUT2D eigenvalue weighted by molar-refractivity contribution is 0.516. The number of unbranched alkanes of at least 4 members (excludes halogenated alkanes) is 2. The second-order valence-electron chi connectivity index (χ2n) is 4.33. The summed E-state index contributed by atoms with van der Waals surface area (Å²) in [4.78, 5) is 0. The Morgan fingerprint density at radius 1 is 1.25 bits per heavy atom. The minimum absolute atomic E-state index is 0.0112. The summed E-state index contributed by atoms with van der Waals surface area (Å²) in [6.45, 7) is 6.08. The highest BCUT2D eigenvalue weighted by Crippen LogP contribution is 2.08. The molecule has 0 rings (SSSR count). The summed E-state index contributed by atoms with van der Waals surface area (Å²) in [7, 11) is -3.23. The molecule has 5 heteroatoms. The quantitative estimate of drug-likeness (QED) is 0.611.